The minimum atomic E-state index is -0.562. The zero-order chi connectivity index (χ0) is 25.0. The van der Waals surface area contributed by atoms with E-state index in [-0.39, 0.29) is 29.6 Å². The average molecular weight is 498 g/mol. The van der Waals surface area contributed by atoms with Crippen molar-refractivity contribution >= 4 is 5.91 Å². The molecule has 3 aliphatic rings. The van der Waals surface area contributed by atoms with Crippen LogP contribution in [-0.4, -0.2) is 74.6 Å². The Morgan fingerprint density at radius 3 is 1.47 bits per heavy atom. The monoisotopic (exact) mass is 497 g/mol. The number of carbonyl (C=O) groups excluding carboxylic acids is 1. The molecule has 2 aromatic rings. The van der Waals surface area contributed by atoms with Crippen LogP contribution in [0.5, 0.6) is 0 Å². The van der Waals surface area contributed by atoms with E-state index in [4.69, 9.17) is 0 Å². The largest absolute Gasteiger partial charge is 0.356 e. The highest BCUT2D eigenvalue weighted by Crippen LogP contribution is 2.46. The van der Waals surface area contributed by atoms with Gasteiger partial charge in [0.15, 0.2) is 0 Å². The van der Waals surface area contributed by atoms with Crippen LogP contribution in [0.1, 0.15) is 42.5 Å². The SMILES string of the molecule is O=C1NCCC1(CC(c1ccc(F)cc1)N1CCNCC1)CC(c1ccc(F)cc1)N1CCNCC1. The lowest BCUT2D eigenvalue weighted by Gasteiger charge is -2.43. The van der Waals surface area contributed by atoms with E-state index in [1.54, 1.807) is 0 Å². The Labute approximate surface area is 212 Å². The molecule has 3 saturated heterocycles. The van der Waals surface area contributed by atoms with E-state index in [0.717, 1.165) is 69.9 Å². The van der Waals surface area contributed by atoms with Crippen molar-refractivity contribution in [2.45, 2.75) is 31.3 Å². The summed E-state index contributed by atoms with van der Waals surface area (Å²) in [5.74, 6) is -0.394. The Kier molecular flexibility index (Phi) is 7.96. The van der Waals surface area contributed by atoms with Gasteiger partial charge in [-0.15, -0.1) is 0 Å². The van der Waals surface area contributed by atoms with Gasteiger partial charge in [-0.05, 0) is 54.7 Å². The van der Waals surface area contributed by atoms with Gasteiger partial charge in [-0.1, -0.05) is 24.3 Å². The first kappa shape index (κ1) is 25.3. The van der Waals surface area contributed by atoms with Crippen molar-refractivity contribution in [3.8, 4) is 0 Å². The maximum atomic E-state index is 13.8. The van der Waals surface area contributed by atoms with Gasteiger partial charge in [-0.3, -0.25) is 14.6 Å². The summed E-state index contributed by atoms with van der Waals surface area (Å²) in [6.45, 7) is 7.81. The van der Waals surface area contributed by atoms with E-state index in [2.05, 4.69) is 25.8 Å². The second-order valence-corrected chi connectivity index (χ2v) is 10.4. The minimum absolute atomic E-state index is 0.0217. The van der Waals surface area contributed by atoms with Crippen molar-refractivity contribution in [2.75, 3.05) is 58.9 Å². The summed E-state index contributed by atoms with van der Waals surface area (Å²) in [5, 5.41) is 9.97. The van der Waals surface area contributed by atoms with Gasteiger partial charge in [0.1, 0.15) is 11.6 Å². The normalized spacial score (nSPS) is 25.4. The van der Waals surface area contributed by atoms with Crippen molar-refractivity contribution in [1.29, 1.82) is 0 Å². The molecule has 0 aromatic heterocycles. The number of benzene rings is 2. The molecule has 1 amide bonds. The molecule has 6 nitrogen and oxygen atoms in total. The third-order valence-corrected chi connectivity index (χ3v) is 8.23. The van der Waals surface area contributed by atoms with Crippen LogP contribution in [0.15, 0.2) is 48.5 Å². The summed E-state index contributed by atoms with van der Waals surface area (Å²) in [6.07, 6.45) is 2.11. The third kappa shape index (κ3) is 5.62. The number of piperazine rings is 2. The predicted octanol–water partition coefficient (Wildman–Crippen LogP) is 2.84. The quantitative estimate of drug-likeness (QED) is 0.524. The van der Waals surface area contributed by atoms with Crippen molar-refractivity contribution in [3.63, 3.8) is 0 Å². The highest BCUT2D eigenvalue weighted by atomic mass is 19.1. The average Bonchev–Trinajstić information content (AvgIpc) is 3.27. The molecule has 2 atom stereocenters. The molecule has 0 radical (unpaired) electrons. The van der Waals surface area contributed by atoms with Crippen LogP contribution in [-0.2, 0) is 4.79 Å². The predicted molar refractivity (Wildman–Crippen MR) is 136 cm³/mol. The second-order valence-electron chi connectivity index (χ2n) is 10.4. The van der Waals surface area contributed by atoms with Crippen LogP contribution in [0.3, 0.4) is 0 Å². The molecule has 8 heteroatoms. The number of halogens is 2. The highest BCUT2D eigenvalue weighted by Gasteiger charge is 2.47. The number of carbonyl (C=O) groups is 1. The van der Waals surface area contributed by atoms with Gasteiger partial charge < -0.3 is 16.0 Å². The zero-order valence-corrected chi connectivity index (χ0v) is 20.8. The first-order valence-corrected chi connectivity index (χ1v) is 13.2. The molecule has 2 unspecified atom stereocenters. The van der Waals surface area contributed by atoms with Gasteiger partial charge in [-0.2, -0.15) is 0 Å². The number of hydrogen-bond donors (Lipinski definition) is 3. The number of hydrogen-bond acceptors (Lipinski definition) is 5. The minimum Gasteiger partial charge on any atom is -0.356 e. The Balaban J connectivity index is 1.49. The van der Waals surface area contributed by atoms with Gasteiger partial charge in [-0.25, -0.2) is 8.78 Å². The topological polar surface area (TPSA) is 59.6 Å². The molecule has 0 spiro atoms. The van der Waals surface area contributed by atoms with Crippen LogP contribution >= 0.6 is 0 Å². The molecule has 0 aliphatic carbocycles. The Hall–Kier alpha value is -2.39. The Morgan fingerprint density at radius 1 is 0.694 bits per heavy atom. The van der Waals surface area contributed by atoms with Crippen molar-refractivity contribution < 1.29 is 13.6 Å². The fraction of sp³-hybridized carbons (Fsp3) is 0.536. The van der Waals surface area contributed by atoms with Gasteiger partial charge in [0.25, 0.3) is 0 Å². The van der Waals surface area contributed by atoms with Gasteiger partial charge in [0, 0.05) is 71.0 Å². The van der Waals surface area contributed by atoms with Crippen LogP contribution < -0.4 is 16.0 Å². The first-order chi connectivity index (χ1) is 17.5. The number of amides is 1. The molecule has 194 valence electrons. The number of rotatable bonds is 8. The third-order valence-electron chi connectivity index (χ3n) is 8.23. The molecule has 3 N–H and O–H groups in total. The van der Waals surface area contributed by atoms with Crippen LogP contribution in [0, 0.1) is 17.0 Å². The summed E-state index contributed by atoms with van der Waals surface area (Å²) >= 11 is 0. The fourth-order valence-electron chi connectivity index (χ4n) is 6.20. The first-order valence-electron chi connectivity index (χ1n) is 13.2. The van der Waals surface area contributed by atoms with E-state index in [1.807, 2.05) is 24.3 Å². The van der Waals surface area contributed by atoms with Gasteiger partial charge in [0.2, 0.25) is 5.91 Å². The molecule has 2 aromatic carbocycles. The summed E-state index contributed by atoms with van der Waals surface area (Å²) in [7, 11) is 0. The molecule has 0 saturated carbocycles. The van der Waals surface area contributed by atoms with E-state index in [0.29, 0.717) is 19.4 Å². The second kappa shape index (κ2) is 11.3. The lowest BCUT2D eigenvalue weighted by Crippen LogP contribution is -2.49. The molecule has 5 rings (SSSR count). The Bertz CT molecular complexity index is 934. The van der Waals surface area contributed by atoms with E-state index in [1.165, 1.54) is 24.3 Å². The zero-order valence-electron chi connectivity index (χ0n) is 20.8. The number of nitrogens with zero attached hydrogens (tertiary/aromatic N) is 2. The number of nitrogens with one attached hydrogen (secondary N) is 3. The van der Waals surface area contributed by atoms with Crippen LogP contribution in [0.4, 0.5) is 8.78 Å². The molecule has 3 heterocycles. The summed E-state index contributed by atoms with van der Waals surface area (Å²) in [4.78, 5) is 18.5. The Morgan fingerprint density at radius 2 is 1.11 bits per heavy atom. The van der Waals surface area contributed by atoms with E-state index >= 15 is 0 Å². The maximum absolute atomic E-state index is 13.8. The summed E-state index contributed by atoms with van der Waals surface area (Å²) < 4.78 is 27.6. The van der Waals surface area contributed by atoms with Gasteiger partial charge in [0.05, 0.1) is 5.41 Å². The molecule has 3 aliphatic heterocycles. The highest BCUT2D eigenvalue weighted by molar-refractivity contribution is 5.84. The standard InChI is InChI=1S/C28H37F2N5O/c29-23-5-1-21(2-6-23)25(34-15-11-31-12-16-34)19-28(9-10-33-27(28)36)20-26(35-17-13-32-14-18-35)22-3-7-24(30)8-4-22/h1-8,25-26,31-32H,9-20H2,(H,33,36). The fourth-order valence-corrected chi connectivity index (χ4v) is 6.20. The summed E-state index contributed by atoms with van der Waals surface area (Å²) in [6, 6.07) is 13.6. The lowest BCUT2D eigenvalue weighted by molar-refractivity contribution is -0.130. The smallest absolute Gasteiger partial charge is 0.226 e. The van der Waals surface area contributed by atoms with Crippen molar-refractivity contribution in [3.05, 3.63) is 71.3 Å². The van der Waals surface area contributed by atoms with E-state index < -0.39 is 5.41 Å². The molecule has 3 fully saturated rings. The van der Waals surface area contributed by atoms with Crippen molar-refractivity contribution in [1.82, 2.24) is 25.8 Å². The van der Waals surface area contributed by atoms with Gasteiger partial charge >= 0.3 is 0 Å². The lowest BCUT2D eigenvalue weighted by atomic mass is 9.72. The maximum Gasteiger partial charge on any atom is 0.226 e. The van der Waals surface area contributed by atoms with E-state index in [9.17, 15) is 13.6 Å². The molecular weight excluding hydrogens is 460 g/mol. The molecular formula is C28H37F2N5O. The molecule has 36 heavy (non-hydrogen) atoms. The summed E-state index contributed by atoms with van der Waals surface area (Å²) in [5.41, 5.74) is 1.55. The van der Waals surface area contributed by atoms with Crippen LogP contribution in [0.2, 0.25) is 0 Å². The van der Waals surface area contributed by atoms with Crippen LogP contribution in [0.25, 0.3) is 0 Å². The van der Waals surface area contributed by atoms with Crippen molar-refractivity contribution in [2.24, 2.45) is 5.41 Å². The molecule has 0 bridgehead atoms.